The second-order valence-corrected chi connectivity index (χ2v) is 4.80. The van der Waals surface area contributed by atoms with Gasteiger partial charge in [-0.05, 0) is 42.0 Å². The molecule has 3 aromatic rings. The first-order chi connectivity index (χ1) is 9.33. The summed E-state index contributed by atoms with van der Waals surface area (Å²) >= 11 is 5.98. The number of rotatable bonds is 3. The number of aromatic nitrogens is 1. The molecule has 0 aliphatic rings. The summed E-state index contributed by atoms with van der Waals surface area (Å²) in [4.78, 5) is 4.35. The highest BCUT2D eigenvalue weighted by Crippen LogP contribution is 2.22. The fourth-order valence-corrected chi connectivity index (χ4v) is 2.31. The molecule has 0 saturated heterocycles. The zero-order valence-electron chi connectivity index (χ0n) is 10.3. The first-order valence-corrected chi connectivity index (χ1v) is 6.53. The molecule has 1 N–H and O–H groups in total. The average molecular weight is 269 g/mol. The molecule has 0 spiro atoms. The van der Waals surface area contributed by atoms with Crippen molar-refractivity contribution in [2.45, 2.75) is 6.54 Å². The summed E-state index contributed by atoms with van der Waals surface area (Å²) in [6.07, 6.45) is 1.81. The molecule has 2 nitrogen and oxygen atoms in total. The Morgan fingerprint density at radius 1 is 1.00 bits per heavy atom. The standard InChI is InChI=1S/C16H13ClN2/c17-13-5-1-4-12(10-13)11-19-16-8-2-7-15-14(16)6-3-9-18-15/h1-10,19H,11H2. The van der Waals surface area contributed by atoms with Crippen molar-refractivity contribution in [3.05, 3.63) is 71.4 Å². The molecule has 3 heteroatoms. The molecule has 0 amide bonds. The molecular formula is C16H13ClN2. The number of benzene rings is 2. The van der Waals surface area contributed by atoms with Gasteiger partial charge in [0, 0.05) is 28.8 Å². The quantitative estimate of drug-likeness (QED) is 0.756. The lowest BCUT2D eigenvalue weighted by Crippen LogP contribution is -2.00. The highest BCUT2D eigenvalue weighted by atomic mass is 35.5. The maximum atomic E-state index is 5.98. The Labute approximate surface area is 117 Å². The largest absolute Gasteiger partial charge is 0.380 e. The Kier molecular flexibility index (Phi) is 3.34. The monoisotopic (exact) mass is 268 g/mol. The van der Waals surface area contributed by atoms with Crippen LogP contribution < -0.4 is 5.32 Å². The van der Waals surface area contributed by atoms with Crippen LogP contribution in [0.15, 0.2) is 60.8 Å². The van der Waals surface area contributed by atoms with E-state index in [0.717, 1.165) is 33.7 Å². The Morgan fingerprint density at radius 2 is 1.89 bits per heavy atom. The van der Waals surface area contributed by atoms with E-state index >= 15 is 0 Å². The molecular weight excluding hydrogens is 256 g/mol. The van der Waals surface area contributed by atoms with Gasteiger partial charge in [-0.2, -0.15) is 0 Å². The molecule has 1 aromatic heterocycles. The van der Waals surface area contributed by atoms with E-state index in [0.29, 0.717) is 0 Å². The SMILES string of the molecule is Clc1cccc(CNc2cccc3ncccc23)c1. The maximum Gasteiger partial charge on any atom is 0.0722 e. The van der Waals surface area contributed by atoms with Gasteiger partial charge in [0.15, 0.2) is 0 Å². The van der Waals surface area contributed by atoms with Gasteiger partial charge in [-0.1, -0.05) is 29.8 Å². The van der Waals surface area contributed by atoms with Crippen LogP contribution in [0.2, 0.25) is 5.02 Å². The molecule has 0 fully saturated rings. The van der Waals surface area contributed by atoms with Crippen molar-refractivity contribution in [2.24, 2.45) is 0 Å². The zero-order valence-corrected chi connectivity index (χ0v) is 11.1. The van der Waals surface area contributed by atoms with Crippen molar-refractivity contribution in [1.82, 2.24) is 4.98 Å². The molecule has 0 bridgehead atoms. The summed E-state index contributed by atoms with van der Waals surface area (Å²) in [6.45, 7) is 0.745. The van der Waals surface area contributed by atoms with Gasteiger partial charge in [0.05, 0.1) is 5.52 Å². The molecule has 0 atom stereocenters. The van der Waals surface area contributed by atoms with Crippen LogP contribution in [0, 0.1) is 0 Å². The van der Waals surface area contributed by atoms with E-state index in [1.165, 1.54) is 0 Å². The average Bonchev–Trinajstić information content (AvgIpc) is 2.45. The molecule has 1 heterocycles. The molecule has 2 aromatic carbocycles. The Morgan fingerprint density at radius 3 is 2.79 bits per heavy atom. The van der Waals surface area contributed by atoms with Crippen LogP contribution in [-0.4, -0.2) is 4.98 Å². The number of pyridine rings is 1. The van der Waals surface area contributed by atoms with Crippen molar-refractivity contribution in [2.75, 3.05) is 5.32 Å². The Hall–Kier alpha value is -2.06. The van der Waals surface area contributed by atoms with E-state index in [2.05, 4.69) is 28.5 Å². The van der Waals surface area contributed by atoms with Gasteiger partial charge in [0.25, 0.3) is 0 Å². The zero-order chi connectivity index (χ0) is 13.1. The van der Waals surface area contributed by atoms with Crippen molar-refractivity contribution in [3.63, 3.8) is 0 Å². The smallest absolute Gasteiger partial charge is 0.0722 e. The number of halogens is 1. The predicted molar refractivity (Wildman–Crippen MR) is 80.5 cm³/mol. The molecule has 0 aliphatic heterocycles. The number of nitrogens with one attached hydrogen (secondary N) is 1. The summed E-state index contributed by atoms with van der Waals surface area (Å²) in [5, 5.41) is 5.33. The van der Waals surface area contributed by atoms with E-state index in [1.54, 1.807) is 0 Å². The normalized spacial score (nSPS) is 10.6. The van der Waals surface area contributed by atoms with Crippen LogP contribution in [0.3, 0.4) is 0 Å². The maximum absolute atomic E-state index is 5.98. The summed E-state index contributed by atoms with van der Waals surface area (Å²) in [5.41, 5.74) is 3.25. The number of fused-ring (bicyclic) bond motifs is 1. The van der Waals surface area contributed by atoms with Gasteiger partial charge >= 0.3 is 0 Å². The lowest BCUT2D eigenvalue weighted by atomic mass is 10.1. The van der Waals surface area contributed by atoms with Crippen LogP contribution in [-0.2, 0) is 6.54 Å². The highest BCUT2D eigenvalue weighted by Gasteiger charge is 2.01. The second-order valence-electron chi connectivity index (χ2n) is 4.36. The third kappa shape index (κ3) is 2.69. The molecule has 0 aliphatic carbocycles. The van der Waals surface area contributed by atoms with Crippen LogP contribution in [0.5, 0.6) is 0 Å². The van der Waals surface area contributed by atoms with Crippen molar-refractivity contribution in [1.29, 1.82) is 0 Å². The molecule has 0 radical (unpaired) electrons. The van der Waals surface area contributed by atoms with Crippen molar-refractivity contribution < 1.29 is 0 Å². The van der Waals surface area contributed by atoms with Gasteiger partial charge in [-0.15, -0.1) is 0 Å². The fraction of sp³-hybridized carbons (Fsp3) is 0.0625. The molecule has 94 valence electrons. The lowest BCUT2D eigenvalue weighted by Gasteiger charge is -2.09. The first-order valence-electron chi connectivity index (χ1n) is 6.15. The summed E-state index contributed by atoms with van der Waals surface area (Å²) in [5.74, 6) is 0. The van der Waals surface area contributed by atoms with E-state index in [-0.39, 0.29) is 0 Å². The Balaban J connectivity index is 1.86. The topological polar surface area (TPSA) is 24.9 Å². The van der Waals surface area contributed by atoms with E-state index in [9.17, 15) is 0 Å². The molecule has 19 heavy (non-hydrogen) atoms. The third-order valence-corrected chi connectivity index (χ3v) is 3.25. The minimum Gasteiger partial charge on any atom is -0.380 e. The minimum atomic E-state index is 0.745. The second kappa shape index (κ2) is 5.29. The third-order valence-electron chi connectivity index (χ3n) is 3.02. The first kappa shape index (κ1) is 12.0. The summed E-state index contributed by atoms with van der Waals surface area (Å²) in [7, 11) is 0. The number of hydrogen-bond acceptors (Lipinski definition) is 2. The van der Waals surface area contributed by atoms with Gasteiger partial charge in [0.2, 0.25) is 0 Å². The minimum absolute atomic E-state index is 0.745. The lowest BCUT2D eigenvalue weighted by molar-refractivity contribution is 1.15. The van der Waals surface area contributed by atoms with E-state index in [4.69, 9.17) is 11.6 Å². The predicted octanol–water partition coefficient (Wildman–Crippen LogP) is 4.50. The van der Waals surface area contributed by atoms with E-state index in [1.807, 2.05) is 42.6 Å². The van der Waals surface area contributed by atoms with Crippen LogP contribution in [0.1, 0.15) is 5.56 Å². The van der Waals surface area contributed by atoms with Gasteiger partial charge < -0.3 is 5.32 Å². The summed E-state index contributed by atoms with van der Waals surface area (Å²) in [6, 6.07) is 18.0. The molecule has 0 saturated carbocycles. The summed E-state index contributed by atoms with van der Waals surface area (Å²) < 4.78 is 0. The van der Waals surface area contributed by atoms with Crippen LogP contribution in [0.4, 0.5) is 5.69 Å². The molecule has 0 unspecified atom stereocenters. The fourth-order valence-electron chi connectivity index (χ4n) is 2.10. The van der Waals surface area contributed by atoms with Gasteiger partial charge in [-0.3, -0.25) is 4.98 Å². The van der Waals surface area contributed by atoms with Crippen LogP contribution in [0.25, 0.3) is 10.9 Å². The highest BCUT2D eigenvalue weighted by molar-refractivity contribution is 6.30. The number of nitrogens with zero attached hydrogens (tertiary/aromatic N) is 1. The van der Waals surface area contributed by atoms with Crippen molar-refractivity contribution in [3.8, 4) is 0 Å². The number of anilines is 1. The van der Waals surface area contributed by atoms with Gasteiger partial charge in [-0.25, -0.2) is 0 Å². The Bertz CT molecular complexity index is 704. The van der Waals surface area contributed by atoms with E-state index < -0.39 is 0 Å². The molecule has 3 rings (SSSR count). The van der Waals surface area contributed by atoms with Crippen molar-refractivity contribution >= 4 is 28.2 Å². The number of hydrogen-bond donors (Lipinski definition) is 1. The van der Waals surface area contributed by atoms with Crippen LogP contribution >= 0.6 is 11.6 Å². The van der Waals surface area contributed by atoms with Gasteiger partial charge in [0.1, 0.15) is 0 Å².